The first-order chi connectivity index (χ1) is 13.5. The van der Waals surface area contributed by atoms with Crippen molar-refractivity contribution in [2.75, 3.05) is 39.8 Å². The molecule has 2 heterocycles. The van der Waals surface area contributed by atoms with E-state index in [-0.39, 0.29) is 18.6 Å². The number of carbonyl (C=O) groups excluding carboxylic acids is 1. The second-order valence-electron chi connectivity index (χ2n) is 7.72. The molecular formula is C21H25N3O4. The smallest absolute Gasteiger partial charge is 0.317 e. The zero-order valence-electron chi connectivity index (χ0n) is 16.0. The minimum atomic E-state index is -0.873. The summed E-state index contributed by atoms with van der Waals surface area (Å²) in [5.74, 6) is -0.407. The second-order valence-corrected chi connectivity index (χ2v) is 7.72. The van der Waals surface area contributed by atoms with Gasteiger partial charge < -0.3 is 14.7 Å². The van der Waals surface area contributed by atoms with Gasteiger partial charge in [0.1, 0.15) is 0 Å². The van der Waals surface area contributed by atoms with E-state index in [1.165, 1.54) is 0 Å². The quantitative estimate of drug-likeness (QED) is 0.821. The van der Waals surface area contributed by atoms with Crippen LogP contribution in [0.2, 0.25) is 0 Å². The van der Waals surface area contributed by atoms with E-state index in [0.29, 0.717) is 37.7 Å². The monoisotopic (exact) mass is 383 g/mol. The normalized spacial score (nSPS) is 19.9. The molecule has 1 aromatic heterocycles. The fourth-order valence-electron chi connectivity index (χ4n) is 3.79. The molecule has 7 heteroatoms. The van der Waals surface area contributed by atoms with E-state index in [9.17, 15) is 9.59 Å². The highest BCUT2D eigenvalue weighted by Gasteiger charge is 2.30. The molecule has 2 fully saturated rings. The zero-order valence-corrected chi connectivity index (χ0v) is 16.0. The van der Waals surface area contributed by atoms with E-state index in [1.54, 1.807) is 11.9 Å². The molecule has 1 aliphatic heterocycles. The maximum Gasteiger partial charge on any atom is 0.317 e. The Morgan fingerprint density at radius 1 is 1.32 bits per heavy atom. The third-order valence-electron chi connectivity index (χ3n) is 5.31. The Hall–Kier alpha value is -2.51. The van der Waals surface area contributed by atoms with Crippen molar-refractivity contribution in [2.24, 2.45) is 0 Å². The number of likely N-dealkylation sites (N-methyl/N-ethyl adjacent to an activating group) is 1. The average molecular weight is 383 g/mol. The molecule has 0 radical (unpaired) electrons. The number of carboxylic acids is 1. The highest BCUT2D eigenvalue weighted by Crippen LogP contribution is 2.40. The lowest BCUT2D eigenvalue weighted by atomic mass is 10.0. The zero-order chi connectivity index (χ0) is 19.7. The Morgan fingerprint density at radius 3 is 2.86 bits per heavy atom. The van der Waals surface area contributed by atoms with Gasteiger partial charge in [-0.3, -0.25) is 19.5 Å². The number of rotatable bonds is 6. The molecule has 0 spiro atoms. The molecule has 1 atom stereocenters. The van der Waals surface area contributed by atoms with Crippen molar-refractivity contribution in [3.05, 3.63) is 41.6 Å². The van der Waals surface area contributed by atoms with Gasteiger partial charge >= 0.3 is 5.97 Å². The largest absolute Gasteiger partial charge is 0.480 e. The molecule has 0 bridgehead atoms. The predicted molar refractivity (Wildman–Crippen MR) is 104 cm³/mol. The molecule has 7 nitrogen and oxygen atoms in total. The number of hydrogen-bond acceptors (Lipinski definition) is 5. The minimum Gasteiger partial charge on any atom is -0.480 e. The van der Waals surface area contributed by atoms with Crippen molar-refractivity contribution < 1.29 is 19.4 Å². The number of aliphatic carboxylic acids is 1. The number of pyridine rings is 1. The lowest BCUT2D eigenvalue weighted by molar-refractivity contribution is -0.138. The third kappa shape index (κ3) is 4.15. The first kappa shape index (κ1) is 18.8. The highest BCUT2D eigenvalue weighted by atomic mass is 16.5. The number of carboxylic acid groups (broad SMARTS) is 1. The van der Waals surface area contributed by atoms with Gasteiger partial charge in [0.05, 0.1) is 30.3 Å². The van der Waals surface area contributed by atoms with Crippen molar-refractivity contribution in [2.45, 2.75) is 24.9 Å². The van der Waals surface area contributed by atoms with Gasteiger partial charge in [0, 0.05) is 36.6 Å². The van der Waals surface area contributed by atoms with Crippen molar-refractivity contribution in [1.29, 1.82) is 0 Å². The fraction of sp³-hybridized carbons (Fsp3) is 0.476. The number of benzene rings is 1. The number of amides is 1. The van der Waals surface area contributed by atoms with Crippen molar-refractivity contribution in [3.63, 3.8) is 0 Å². The molecule has 1 N–H and O–H groups in total. The summed E-state index contributed by atoms with van der Waals surface area (Å²) in [5, 5.41) is 9.80. The number of morpholine rings is 1. The maximum atomic E-state index is 13.4. The van der Waals surface area contributed by atoms with Crippen molar-refractivity contribution in [1.82, 2.24) is 14.8 Å². The number of aromatic nitrogens is 1. The summed E-state index contributed by atoms with van der Waals surface area (Å²) in [4.78, 5) is 32.5. The standard InChI is InChI=1S/C21H25N3O4/c1-23(13-20(25)26)11-15-12-24(8-9-28-15)21(27)17-10-19(14-6-7-14)22-18-5-3-2-4-16(17)18/h2-5,10,14-15H,6-9,11-13H2,1H3,(H,25,26)/t15-/m0/s1. The average Bonchev–Trinajstić information content (AvgIpc) is 3.51. The van der Waals surface area contributed by atoms with Crippen LogP contribution in [-0.2, 0) is 9.53 Å². The predicted octanol–water partition coefficient (Wildman–Crippen LogP) is 1.97. The summed E-state index contributed by atoms with van der Waals surface area (Å²) in [6.45, 7) is 1.87. The van der Waals surface area contributed by atoms with E-state index in [4.69, 9.17) is 14.8 Å². The molecule has 1 saturated carbocycles. The molecule has 148 valence electrons. The molecule has 28 heavy (non-hydrogen) atoms. The molecule has 1 amide bonds. The minimum absolute atomic E-state index is 0.00492. The summed E-state index contributed by atoms with van der Waals surface area (Å²) in [6.07, 6.45) is 2.07. The maximum absolute atomic E-state index is 13.4. The number of hydrogen-bond donors (Lipinski definition) is 1. The Labute approximate surface area is 163 Å². The number of ether oxygens (including phenoxy) is 1. The Morgan fingerprint density at radius 2 is 2.11 bits per heavy atom. The third-order valence-corrected chi connectivity index (χ3v) is 5.31. The van der Waals surface area contributed by atoms with Gasteiger partial charge in [0.15, 0.2) is 0 Å². The van der Waals surface area contributed by atoms with Gasteiger partial charge in [-0.15, -0.1) is 0 Å². The van der Waals surface area contributed by atoms with E-state index in [2.05, 4.69) is 0 Å². The first-order valence-corrected chi connectivity index (χ1v) is 9.72. The van der Waals surface area contributed by atoms with Crippen molar-refractivity contribution in [3.8, 4) is 0 Å². The van der Waals surface area contributed by atoms with Crippen LogP contribution < -0.4 is 0 Å². The Balaban J connectivity index is 1.54. The van der Waals surface area contributed by atoms with E-state index in [0.717, 1.165) is 29.4 Å². The molecule has 1 aliphatic carbocycles. The molecule has 2 aliphatic rings. The van der Waals surface area contributed by atoms with Crippen LogP contribution in [0.4, 0.5) is 0 Å². The molecule has 0 unspecified atom stereocenters. The van der Waals surface area contributed by atoms with Crippen LogP contribution in [0, 0.1) is 0 Å². The molecule has 2 aromatic rings. The molecule has 4 rings (SSSR count). The van der Waals surface area contributed by atoms with Gasteiger partial charge in [0.25, 0.3) is 5.91 Å². The lowest BCUT2D eigenvalue weighted by Crippen LogP contribution is -2.49. The molecule has 1 aromatic carbocycles. The van der Waals surface area contributed by atoms with Gasteiger partial charge in [-0.25, -0.2) is 0 Å². The van der Waals surface area contributed by atoms with E-state index >= 15 is 0 Å². The number of carbonyl (C=O) groups is 2. The van der Waals surface area contributed by atoms with Crippen molar-refractivity contribution >= 4 is 22.8 Å². The summed E-state index contributed by atoms with van der Waals surface area (Å²) < 4.78 is 5.77. The summed E-state index contributed by atoms with van der Waals surface area (Å²) in [6, 6.07) is 9.75. The van der Waals surface area contributed by atoms with Crippen LogP contribution in [0.3, 0.4) is 0 Å². The Kier molecular flexibility index (Phi) is 5.28. The Bertz CT molecular complexity index is 896. The van der Waals surface area contributed by atoms with Crippen LogP contribution in [0.15, 0.2) is 30.3 Å². The van der Waals surface area contributed by atoms with Crippen LogP contribution in [0.5, 0.6) is 0 Å². The van der Waals surface area contributed by atoms with E-state index < -0.39 is 5.97 Å². The first-order valence-electron chi connectivity index (χ1n) is 9.72. The van der Waals surface area contributed by atoms with Crippen LogP contribution in [-0.4, -0.2) is 77.7 Å². The molecule has 1 saturated heterocycles. The second kappa shape index (κ2) is 7.85. The topological polar surface area (TPSA) is 83.0 Å². The van der Waals surface area contributed by atoms with Gasteiger partial charge in [-0.2, -0.15) is 0 Å². The lowest BCUT2D eigenvalue weighted by Gasteiger charge is -2.34. The van der Waals surface area contributed by atoms with Gasteiger partial charge in [-0.1, -0.05) is 18.2 Å². The van der Waals surface area contributed by atoms with Crippen LogP contribution in [0.25, 0.3) is 10.9 Å². The number of fused-ring (bicyclic) bond motifs is 1. The van der Waals surface area contributed by atoms with Crippen LogP contribution >= 0.6 is 0 Å². The summed E-state index contributed by atoms with van der Waals surface area (Å²) in [7, 11) is 1.75. The fourth-order valence-corrected chi connectivity index (χ4v) is 3.79. The molecular weight excluding hydrogens is 358 g/mol. The SMILES string of the molecule is CN(CC(=O)O)C[C@H]1CN(C(=O)c2cc(C3CC3)nc3ccccc23)CCO1. The summed E-state index contributed by atoms with van der Waals surface area (Å²) >= 11 is 0. The van der Waals surface area contributed by atoms with E-state index in [1.807, 2.05) is 35.2 Å². The van der Waals surface area contributed by atoms with Gasteiger partial charge in [0.2, 0.25) is 0 Å². The highest BCUT2D eigenvalue weighted by molar-refractivity contribution is 6.06. The summed E-state index contributed by atoms with van der Waals surface area (Å²) in [5.41, 5.74) is 2.57. The van der Waals surface area contributed by atoms with Crippen LogP contribution in [0.1, 0.15) is 34.8 Å². The number of nitrogens with zero attached hydrogens (tertiary/aromatic N) is 3. The van der Waals surface area contributed by atoms with Gasteiger partial charge in [-0.05, 0) is 32.0 Å². The number of para-hydroxylation sites is 1.